The topological polar surface area (TPSA) is 46.8 Å². The van der Waals surface area contributed by atoms with Crippen LogP contribution in [-0.4, -0.2) is 31.7 Å². The first-order valence-corrected chi connectivity index (χ1v) is 8.40. The van der Waals surface area contributed by atoms with E-state index in [1.54, 1.807) is 0 Å². The van der Waals surface area contributed by atoms with E-state index in [4.69, 9.17) is 0 Å². The largest absolute Gasteiger partial charge is 0.288 e. The van der Waals surface area contributed by atoms with Crippen LogP contribution in [0.5, 0.6) is 0 Å². The first kappa shape index (κ1) is 13.6. The molecule has 1 saturated heterocycles. The quantitative estimate of drug-likeness (QED) is 0.743. The molecule has 1 aromatic carbocycles. The highest BCUT2D eigenvalue weighted by atomic mass is 32.1. The van der Waals surface area contributed by atoms with Crippen molar-refractivity contribution < 1.29 is 0 Å². The van der Waals surface area contributed by atoms with Crippen molar-refractivity contribution in [3.8, 4) is 5.69 Å². The molecule has 5 nitrogen and oxygen atoms in total. The van der Waals surface area contributed by atoms with Crippen LogP contribution in [0.1, 0.15) is 29.6 Å². The Morgan fingerprint density at radius 1 is 1.14 bits per heavy atom. The molecule has 112 valence electrons. The summed E-state index contributed by atoms with van der Waals surface area (Å²) in [7, 11) is 0. The lowest BCUT2D eigenvalue weighted by atomic mass is 10.2. The molecule has 6 heteroatoms. The maximum atomic E-state index is 4.24. The molecule has 0 N–H and O–H groups in total. The first-order chi connectivity index (χ1) is 10.9. The molecule has 4 rings (SSSR count). The Hall–Kier alpha value is -2.05. The molecule has 0 bridgehead atoms. The van der Waals surface area contributed by atoms with Gasteiger partial charge in [-0.2, -0.15) is 4.68 Å². The molecule has 0 unspecified atom stereocenters. The Kier molecular flexibility index (Phi) is 3.70. The fraction of sp³-hybridized carbons (Fsp3) is 0.312. The summed E-state index contributed by atoms with van der Waals surface area (Å²) >= 11 is 1.84. The third-order valence-electron chi connectivity index (χ3n) is 4.11. The van der Waals surface area contributed by atoms with Gasteiger partial charge in [-0.25, -0.2) is 0 Å². The molecule has 0 saturated carbocycles. The lowest BCUT2D eigenvalue weighted by Gasteiger charge is -2.22. The number of aromatic nitrogens is 4. The highest BCUT2D eigenvalue weighted by Gasteiger charge is 2.28. The Balaban J connectivity index is 1.58. The molecule has 1 atom stereocenters. The van der Waals surface area contributed by atoms with Crippen LogP contribution in [-0.2, 0) is 6.54 Å². The van der Waals surface area contributed by atoms with Gasteiger partial charge in [0.25, 0.3) is 0 Å². The van der Waals surface area contributed by atoms with Gasteiger partial charge in [0.05, 0.1) is 12.2 Å². The van der Waals surface area contributed by atoms with Crippen LogP contribution in [0.3, 0.4) is 0 Å². The van der Waals surface area contributed by atoms with Crippen molar-refractivity contribution in [2.45, 2.75) is 25.4 Å². The van der Waals surface area contributed by atoms with Gasteiger partial charge in [0.2, 0.25) is 0 Å². The molecule has 0 amide bonds. The first-order valence-electron chi connectivity index (χ1n) is 7.52. The maximum absolute atomic E-state index is 4.24. The van der Waals surface area contributed by atoms with E-state index in [0.717, 1.165) is 24.6 Å². The van der Waals surface area contributed by atoms with Crippen LogP contribution in [0.4, 0.5) is 0 Å². The predicted molar refractivity (Wildman–Crippen MR) is 85.9 cm³/mol. The average Bonchev–Trinajstić information content (AvgIpc) is 3.30. The fourth-order valence-corrected chi connectivity index (χ4v) is 3.97. The number of tetrazole rings is 1. The van der Waals surface area contributed by atoms with E-state index in [0.29, 0.717) is 6.04 Å². The SMILES string of the molecule is c1ccc(-n2nnnc2CN2CCC[C@H]2c2cccs2)cc1. The standard InChI is InChI=1S/C16H17N5S/c1-2-6-13(7-3-1)21-16(17-18-19-21)12-20-10-4-8-14(20)15-9-5-11-22-15/h1-3,5-7,9,11,14H,4,8,10,12H2/t14-/m0/s1. The van der Waals surface area contributed by atoms with Crippen molar-refractivity contribution in [3.05, 3.63) is 58.5 Å². The summed E-state index contributed by atoms with van der Waals surface area (Å²) in [6, 6.07) is 14.9. The molecule has 0 aliphatic carbocycles. The van der Waals surface area contributed by atoms with E-state index in [-0.39, 0.29) is 0 Å². The zero-order valence-corrected chi connectivity index (χ0v) is 13.0. The zero-order valence-electron chi connectivity index (χ0n) is 12.2. The van der Waals surface area contributed by atoms with Crippen molar-refractivity contribution in [1.82, 2.24) is 25.1 Å². The third kappa shape index (κ3) is 2.55. The molecule has 3 heterocycles. The van der Waals surface area contributed by atoms with Crippen molar-refractivity contribution in [3.63, 3.8) is 0 Å². The summed E-state index contributed by atoms with van der Waals surface area (Å²) in [6.07, 6.45) is 2.45. The number of benzene rings is 1. The second kappa shape index (κ2) is 5.98. The number of rotatable bonds is 4. The van der Waals surface area contributed by atoms with E-state index in [1.165, 1.54) is 17.7 Å². The summed E-state index contributed by atoms with van der Waals surface area (Å²) in [4.78, 5) is 3.92. The van der Waals surface area contributed by atoms with Gasteiger partial charge in [-0.1, -0.05) is 24.3 Å². The number of para-hydroxylation sites is 1. The fourth-order valence-electron chi connectivity index (χ4n) is 3.07. The van der Waals surface area contributed by atoms with Gasteiger partial charge in [0.15, 0.2) is 5.82 Å². The molecule has 1 aliphatic heterocycles. The van der Waals surface area contributed by atoms with Gasteiger partial charge in [-0.15, -0.1) is 16.4 Å². The summed E-state index contributed by atoms with van der Waals surface area (Å²) in [5, 5.41) is 14.4. The van der Waals surface area contributed by atoms with Crippen LogP contribution in [0.15, 0.2) is 47.8 Å². The zero-order chi connectivity index (χ0) is 14.8. The Morgan fingerprint density at radius 3 is 2.86 bits per heavy atom. The molecular formula is C16H17N5S. The van der Waals surface area contributed by atoms with Crippen LogP contribution < -0.4 is 0 Å². The summed E-state index contributed by atoms with van der Waals surface area (Å²) < 4.78 is 1.84. The molecular weight excluding hydrogens is 294 g/mol. The Morgan fingerprint density at radius 2 is 2.05 bits per heavy atom. The minimum Gasteiger partial charge on any atom is -0.288 e. The number of nitrogens with zero attached hydrogens (tertiary/aromatic N) is 5. The lowest BCUT2D eigenvalue weighted by Crippen LogP contribution is -2.24. The van der Waals surface area contributed by atoms with Gasteiger partial charge in [0, 0.05) is 10.9 Å². The van der Waals surface area contributed by atoms with E-state index < -0.39 is 0 Å². The van der Waals surface area contributed by atoms with E-state index in [2.05, 4.69) is 37.9 Å². The maximum Gasteiger partial charge on any atom is 0.170 e. The predicted octanol–water partition coefficient (Wildman–Crippen LogP) is 3.06. The highest BCUT2D eigenvalue weighted by molar-refractivity contribution is 7.10. The molecule has 22 heavy (non-hydrogen) atoms. The molecule has 0 spiro atoms. The molecule has 3 aromatic rings. The molecule has 1 fully saturated rings. The molecule has 0 radical (unpaired) electrons. The highest BCUT2D eigenvalue weighted by Crippen LogP contribution is 2.35. The minimum absolute atomic E-state index is 0.501. The molecule has 1 aliphatic rings. The van der Waals surface area contributed by atoms with Gasteiger partial charge < -0.3 is 0 Å². The van der Waals surface area contributed by atoms with Crippen LogP contribution in [0.25, 0.3) is 5.69 Å². The number of thiophene rings is 1. The smallest absolute Gasteiger partial charge is 0.170 e. The second-order valence-corrected chi connectivity index (χ2v) is 6.47. The number of likely N-dealkylation sites (tertiary alicyclic amines) is 1. The van der Waals surface area contributed by atoms with Gasteiger partial charge in [-0.05, 0) is 53.4 Å². The average molecular weight is 311 g/mol. The third-order valence-corrected chi connectivity index (χ3v) is 5.09. The van der Waals surface area contributed by atoms with Crippen LogP contribution in [0.2, 0.25) is 0 Å². The van der Waals surface area contributed by atoms with Crippen LogP contribution >= 0.6 is 11.3 Å². The Bertz CT molecular complexity index is 722. The van der Waals surface area contributed by atoms with Crippen molar-refractivity contribution in [2.24, 2.45) is 0 Å². The van der Waals surface area contributed by atoms with Crippen molar-refractivity contribution in [2.75, 3.05) is 6.54 Å². The van der Waals surface area contributed by atoms with E-state index >= 15 is 0 Å². The Labute approximate surface area is 133 Å². The monoisotopic (exact) mass is 311 g/mol. The summed E-state index contributed by atoms with van der Waals surface area (Å²) in [6.45, 7) is 1.88. The van der Waals surface area contributed by atoms with Crippen molar-refractivity contribution in [1.29, 1.82) is 0 Å². The lowest BCUT2D eigenvalue weighted by molar-refractivity contribution is 0.243. The second-order valence-electron chi connectivity index (χ2n) is 5.49. The van der Waals surface area contributed by atoms with E-state index in [1.807, 2.05) is 46.4 Å². The van der Waals surface area contributed by atoms with Gasteiger partial charge >= 0.3 is 0 Å². The summed E-state index contributed by atoms with van der Waals surface area (Å²) in [5.41, 5.74) is 1.01. The van der Waals surface area contributed by atoms with Gasteiger partial charge in [0.1, 0.15) is 0 Å². The number of hydrogen-bond acceptors (Lipinski definition) is 5. The summed E-state index contributed by atoms with van der Waals surface area (Å²) in [5.74, 6) is 0.898. The molecule has 2 aromatic heterocycles. The van der Waals surface area contributed by atoms with Crippen LogP contribution in [0, 0.1) is 0 Å². The van der Waals surface area contributed by atoms with Gasteiger partial charge in [-0.3, -0.25) is 4.90 Å². The van der Waals surface area contributed by atoms with Crippen molar-refractivity contribution >= 4 is 11.3 Å². The minimum atomic E-state index is 0.501. The normalized spacial score (nSPS) is 18.8. The number of hydrogen-bond donors (Lipinski definition) is 0. The van der Waals surface area contributed by atoms with E-state index in [9.17, 15) is 0 Å².